The Morgan fingerprint density at radius 1 is 0.603 bits per heavy atom. The number of aliphatic hydroxyl groups excluding tert-OH is 1. The molecule has 19 nitrogen and oxygen atoms in total. The average Bonchev–Trinajstić information content (AvgIpc) is 1.64. The van der Waals surface area contributed by atoms with E-state index in [-0.39, 0.29) is 66.1 Å². The molecule has 0 spiro atoms. The molecule has 0 fully saturated rings. The van der Waals surface area contributed by atoms with E-state index in [0.717, 1.165) is 84.8 Å². The number of halogens is 7. The van der Waals surface area contributed by atoms with Crippen LogP contribution >= 0.6 is 94.2 Å². The Hall–Kier alpha value is -8.61. The molecule has 9 aromatic rings. The molecule has 604 valence electrons. The Morgan fingerprint density at radius 2 is 1.04 bits per heavy atom. The van der Waals surface area contributed by atoms with Gasteiger partial charge in [-0.05, 0) is 209 Å². The van der Waals surface area contributed by atoms with Crippen LogP contribution in [0.5, 0.6) is 29.3 Å². The van der Waals surface area contributed by atoms with Gasteiger partial charge in [0.15, 0.2) is 23.9 Å². The Kier molecular flexibility index (Phi) is 36.1. The summed E-state index contributed by atoms with van der Waals surface area (Å²) < 4.78 is 36.8. The Bertz CT molecular complexity index is 5040. The van der Waals surface area contributed by atoms with Gasteiger partial charge in [-0.1, -0.05) is 186 Å². The lowest BCUT2D eigenvalue weighted by Crippen LogP contribution is -2.44. The number of ether oxygens (including phenoxy) is 6. The molecule has 29 heteroatoms. The lowest BCUT2D eigenvalue weighted by Gasteiger charge is -2.31. The number of hydrogen-bond donors (Lipinski definition) is 3. The molecule has 2 aromatic heterocycles. The molecule has 116 heavy (non-hydrogen) atoms. The molecule has 0 saturated carbocycles. The molecule has 0 saturated heterocycles. The third-order valence-corrected chi connectivity index (χ3v) is 25.5. The first-order chi connectivity index (χ1) is 54.9. The first kappa shape index (κ1) is 94.5. The van der Waals surface area contributed by atoms with Crippen LogP contribution in [0.2, 0.25) is 71.5 Å². The summed E-state index contributed by atoms with van der Waals surface area (Å²) in [5.41, 5.74) is 10.9. The second kappa shape index (κ2) is 44.3. The van der Waals surface area contributed by atoms with E-state index >= 15 is 0 Å². The standard InChI is InChI=1S/C30H18BrCl2N3O3.C26H26BrCl2NO3Si.C16H26BNO4Si.C9H5BrN2.C6H14O2/c1-35-20-11-17(14-34)10-18(12-20)16-38-29-19(15-37)13-26(32)30(36-29)39-27-9-8-22-21(4-2-5-23(22)27)24-6-3-7-25(31)28(24)33;1-34(2,3)13-12-32-25-16(15-31)14-22(28)26(30-25)33-23-11-10-18-17(6-4-7-19(18)23)20-8-5-9-21(27)24(20)29;1-23(2,3)13-12-22-16(20)18(8-10-19)9-11-21-15-6-4-14(17)5-7-15;1-12-9-3-7(5-10)2-8(4-9)6-11;1-5(2,7)6(3,4)8/h2-7,10-13,15,27H,8-9,16H2;4-9,14-15,23H,10-13H2,1-3H3;4-7,19H,8-13H2,1-3H3;2-4H,5H2;7-8H,1-4H3/t27-;23-;;;/m00.../s1. The number of benzene rings is 7. The first-order valence-corrected chi connectivity index (χ1v) is 48.5. The summed E-state index contributed by atoms with van der Waals surface area (Å²) in [5.74, 6) is 1.42. The number of pyridine rings is 2. The molecular formula is C87H89BBr3Cl4N7O12Si2. The van der Waals surface area contributed by atoms with Crippen molar-refractivity contribution in [2.75, 3.05) is 39.5 Å². The van der Waals surface area contributed by atoms with Crippen molar-refractivity contribution in [3.63, 3.8) is 0 Å². The minimum atomic E-state index is -1.28. The van der Waals surface area contributed by atoms with Crippen molar-refractivity contribution in [3.05, 3.63) is 253 Å². The molecule has 2 aliphatic rings. The van der Waals surface area contributed by atoms with Crippen molar-refractivity contribution >= 4 is 154 Å². The van der Waals surface area contributed by atoms with Crippen LogP contribution in [-0.4, -0.2) is 124 Å². The summed E-state index contributed by atoms with van der Waals surface area (Å²) in [5, 5.41) is 47.6. The van der Waals surface area contributed by atoms with Gasteiger partial charge in [0.05, 0.1) is 84.0 Å². The van der Waals surface area contributed by atoms with Crippen LogP contribution in [0, 0.1) is 35.8 Å². The summed E-state index contributed by atoms with van der Waals surface area (Å²) in [6.07, 6.45) is 3.53. The number of hydrogen-bond acceptors (Lipinski definition) is 16. The summed E-state index contributed by atoms with van der Waals surface area (Å²) in [6.45, 7) is 35.6. The highest BCUT2D eigenvalue weighted by Gasteiger charge is 2.33. The SMILES string of the molecule is CC(C)(O)C(C)(C)O.C[Si](C)(C)CCOc1nc(O[C@H]2CCc3c(-c4cccc(Br)c4Cl)cccc32)c(Cl)cc1C=O.[B]c1ccc(OCCN(CCO)C(=O)OCC[Si](C)(C)C)cc1.[C-]#[N+]c1cc(C#N)cc(CBr)c1.[C-]#[N+]c1cc(C#N)cc(COc2nc(O[C@H]3CCc4c(-c5cccc(Br)c5Cl)cccc43)c(Cl)cc2C=O)c1. The van der Waals surface area contributed by atoms with E-state index in [1.165, 1.54) is 22.6 Å². The number of nitrogens with zero attached hydrogens (tertiary/aromatic N) is 7. The van der Waals surface area contributed by atoms with Crippen molar-refractivity contribution in [2.45, 2.75) is 140 Å². The van der Waals surface area contributed by atoms with Crippen LogP contribution in [0.25, 0.3) is 31.9 Å². The molecule has 2 aliphatic carbocycles. The number of aliphatic hydroxyl groups is 3. The molecule has 0 unspecified atom stereocenters. The number of amides is 1. The van der Waals surface area contributed by atoms with Crippen LogP contribution in [0.1, 0.15) is 118 Å². The Morgan fingerprint density at radius 3 is 1.47 bits per heavy atom. The number of aromatic nitrogens is 2. The number of aldehydes is 2. The summed E-state index contributed by atoms with van der Waals surface area (Å²) in [7, 11) is 3.09. The van der Waals surface area contributed by atoms with E-state index in [0.29, 0.717) is 111 Å². The molecule has 0 aliphatic heterocycles. The van der Waals surface area contributed by atoms with Crippen molar-refractivity contribution < 1.29 is 58.1 Å². The highest BCUT2D eigenvalue weighted by atomic mass is 79.9. The number of nitriles is 2. The third-order valence-electron chi connectivity index (χ3n) is 18.4. The normalized spacial score (nSPS) is 13.1. The van der Waals surface area contributed by atoms with Gasteiger partial charge in [-0.25, -0.2) is 14.5 Å². The average molecular weight is 1870 g/mol. The molecule has 2 radical (unpaired) electrons. The van der Waals surface area contributed by atoms with Crippen LogP contribution in [0.15, 0.2) is 155 Å². The number of fused-ring (bicyclic) bond motifs is 2. The van der Waals surface area contributed by atoms with E-state index in [9.17, 15) is 19.6 Å². The molecular weight excluding hydrogens is 1780 g/mol. The van der Waals surface area contributed by atoms with Crippen molar-refractivity contribution in [1.29, 1.82) is 10.5 Å². The zero-order chi connectivity index (χ0) is 85.2. The minimum absolute atomic E-state index is 0.00400. The fourth-order valence-corrected chi connectivity index (χ4v) is 14.7. The number of alkyl halides is 1. The number of carbonyl (C=O) groups excluding carboxylic acids is 3. The highest BCUT2D eigenvalue weighted by molar-refractivity contribution is 9.11. The molecule has 2 atom stereocenters. The first-order valence-electron chi connectivity index (χ1n) is 36.8. The quantitative estimate of drug-likeness (QED) is 0.0197. The zero-order valence-corrected chi connectivity index (χ0v) is 75.7. The lowest BCUT2D eigenvalue weighted by atomic mass is 9.90. The second-order valence-corrected chi connectivity index (χ2v) is 45.4. The molecule has 7 aromatic carbocycles. The zero-order valence-electron chi connectivity index (χ0n) is 65.9. The van der Waals surface area contributed by atoms with E-state index in [1.807, 2.05) is 72.8 Å². The highest BCUT2D eigenvalue weighted by Crippen LogP contribution is 2.47. The van der Waals surface area contributed by atoms with Crippen molar-refractivity contribution in [3.8, 4) is 63.7 Å². The van der Waals surface area contributed by atoms with Crippen molar-refractivity contribution in [1.82, 2.24) is 14.9 Å². The van der Waals surface area contributed by atoms with Crippen LogP contribution in [0.3, 0.4) is 0 Å². The topological polar surface area (TPSA) is 253 Å². The minimum Gasteiger partial charge on any atom is -0.492 e. The van der Waals surface area contributed by atoms with Crippen LogP contribution in [0.4, 0.5) is 16.2 Å². The van der Waals surface area contributed by atoms with Gasteiger partial charge < -0.3 is 48.6 Å². The second-order valence-electron chi connectivity index (χ2n) is 30.3. The predicted molar refractivity (Wildman–Crippen MR) is 475 cm³/mol. The van der Waals surface area contributed by atoms with Gasteiger partial charge in [0.1, 0.15) is 49.1 Å². The smallest absolute Gasteiger partial charge is 0.409 e. The predicted octanol–water partition coefficient (Wildman–Crippen LogP) is 22.3. The van der Waals surface area contributed by atoms with E-state index < -0.39 is 33.4 Å². The fraction of sp³-hybridized carbons (Fsp3) is 0.322. The van der Waals surface area contributed by atoms with Crippen molar-refractivity contribution in [2.24, 2.45) is 0 Å². The molecule has 2 heterocycles. The largest absolute Gasteiger partial charge is 0.492 e. The van der Waals surface area contributed by atoms with E-state index in [1.54, 1.807) is 88.4 Å². The molecule has 3 N–H and O–H groups in total. The molecule has 1 amide bonds. The van der Waals surface area contributed by atoms with Gasteiger partial charge in [-0.3, -0.25) is 9.59 Å². The maximum absolute atomic E-state index is 12.0. The monoisotopic (exact) mass is 1870 g/mol. The van der Waals surface area contributed by atoms with Gasteiger partial charge in [-0.15, -0.1) is 0 Å². The van der Waals surface area contributed by atoms with E-state index in [4.69, 9.17) is 116 Å². The maximum Gasteiger partial charge on any atom is 0.409 e. The number of carbonyl (C=O) groups is 3. The maximum atomic E-state index is 12.0. The summed E-state index contributed by atoms with van der Waals surface area (Å²) in [4.78, 5) is 52.3. The Labute approximate surface area is 727 Å². The van der Waals surface area contributed by atoms with Gasteiger partial charge >= 0.3 is 6.09 Å². The van der Waals surface area contributed by atoms with Gasteiger partial charge in [0.25, 0.3) is 0 Å². The van der Waals surface area contributed by atoms with E-state index in [2.05, 4.69) is 119 Å². The van der Waals surface area contributed by atoms with Crippen LogP contribution < -0.4 is 29.1 Å². The van der Waals surface area contributed by atoms with Gasteiger partial charge in [0, 0.05) is 59.2 Å². The lowest BCUT2D eigenvalue weighted by molar-refractivity contribution is -0.107. The Balaban J connectivity index is 0.000000219. The summed E-state index contributed by atoms with van der Waals surface area (Å²) in [6, 6.07) is 49.9. The summed E-state index contributed by atoms with van der Waals surface area (Å²) >= 11 is 36.4. The van der Waals surface area contributed by atoms with Gasteiger partial charge in [0.2, 0.25) is 23.5 Å². The fourth-order valence-electron chi connectivity index (χ4n) is 11.3. The van der Waals surface area contributed by atoms with Gasteiger partial charge in [-0.2, -0.15) is 20.5 Å². The molecule has 0 bridgehead atoms. The van der Waals surface area contributed by atoms with Crippen LogP contribution in [-0.2, 0) is 29.5 Å². The molecule has 11 rings (SSSR count). The number of rotatable bonds is 26. The third kappa shape index (κ3) is 28.0.